The Morgan fingerprint density at radius 2 is 1.83 bits per heavy atom. The maximum atomic E-state index is 13.2. The number of sulfonamides is 1. The van der Waals surface area contributed by atoms with Gasteiger partial charge in [-0.2, -0.15) is 4.31 Å². The van der Waals surface area contributed by atoms with Crippen molar-refractivity contribution in [3.8, 4) is 0 Å². The first-order chi connectivity index (χ1) is 11.3. The van der Waals surface area contributed by atoms with E-state index in [1.54, 1.807) is 34.9 Å². The summed E-state index contributed by atoms with van der Waals surface area (Å²) in [4.78, 5) is 6.82. The van der Waals surface area contributed by atoms with Crippen LogP contribution >= 0.6 is 0 Å². The van der Waals surface area contributed by atoms with Crippen LogP contribution in [0.1, 0.15) is 27.2 Å². The largest absolute Gasteiger partial charge is 0.297 e. The van der Waals surface area contributed by atoms with Crippen molar-refractivity contribution in [3.05, 3.63) is 36.7 Å². The third-order valence-corrected chi connectivity index (χ3v) is 6.62. The normalized spacial score (nSPS) is 18.6. The van der Waals surface area contributed by atoms with Crippen molar-refractivity contribution in [2.24, 2.45) is 0 Å². The summed E-state index contributed by atoms with van der Waals surface area (Å²) in [6, 6.07) is 7.16. The third-order valence-electron chi connectivity index (χ3n) is 4.66. The summed E-state index contributed by atoms with van der Waals surface area (Å²) in [7, 11) is -3.50. The van der Waals surface area contributed by atoms with Gasteiger partial charge >= 0.3 is 0 Å². The fraction of sp³-hybridized carbons (Fsp3) is 0.500. The highest BCUT2D eigenvalue weighted by atomic mass is 32.2. The van der Waals surface area contributed by atoms with Gasteiger partial charge in [0.15, 0.2) is 0 Å². The van der Waals surface area contributed by atoms with Crippen molar-refractivity contribution < 1.29 is 8.42 Å². The van der Waals surface area contributed by atoms with E-state index in [0.717, 1.165) is 30.3 Å². The molecule has 2 aromatic rings. The van der Waals surface area contributed by atoms with Crippen LogP contribution in [0.3, 0.4) is 0 Å². The molecule has 1 aliphatic heterocycles. The molecule has 24 heavy (non-hydrogen) atoms. The van der Waals surface area contributed by atoms with E-state index < -0.39 is 10.0 Å². The molecule has 0 bridgehead atoms. The Bertz CT molecular complexity index is 822. The van der Waals surface area contributed by atoms with Gasteiger partial charge in [-0.3, -0.25) is 9.88 Å². The van der Waals surface area contributed by atoms with E-state index in [-0.39, 0.29) is 5.54 Å². The van der Waals surface area contributed by atoms with Crippen LogP contribution in [0.4, 0.5) is 0 Å². The second-order valence-corrected chi connectivity index (χ2v) is 9.17. The van der Waals surface area contributed by atoms with Gasteiger partial charge in [0, 0.05) is 48.3 Å². The Balaban J connectivity index is 1.93. The van der Waals surface area contributed by atoms with Crippen molar-refractivity contribution in [1.82, 2.24) is 14.2 Å². The first kappa shape index (κ1) is 17.3. The molecule has 0 spiro atoms. The molecular formula is C18H25N3O2S. The number of nitrogens with zero attached hydrogens (tertiary/aromatic N) is 3. The lowest BCUT2D eigenvalue weighted by molar-refractivity contribution is 0.145. The number of hydrogen-bond donors (Lipinski definition) is 0. The van der Waals surface area contributed by atoms with Crippen LogP contribution in [-0.4, -0.2) is 54.3 Å². The lowest BCUT2D eigenvalue weighted by atomic mass is 10.1. The fourth-order valence-corrected chi connectivity index (χ4v) is 4.95. The third kappa shape index (κ3) is 3.31. The monoisotopic (exact) mass is 347 g/mol. The molecule has 1 saturated heterocycles. The van der Waals surface area contributed by atoms with Gasteiger partial charge in [-0.25, -0.2) is 8.42 Å². The SMILES string of the molecule is CC(C)(C)N1CCCN(S(=O)(=O)c2cccc3cnccc23)CC1. The number of hydrogen-bond acceptors (Lipinski definition) is 4. The molecule has 0 amide bonds. The molecule has 3 rings (SSSR count). The standard InChI is InChI=1S/C18H25N3O2S/c1-18(2,3)20-10-5-11-21(13-12-20)24(22,23)17-7-4-6-15-14-19-9-8-16(15)17/h4,6-9,14H,5,10-13H2,1-3H3. The molecule has 0 atom stereocenters. The second kappa shape index (κ2) is 6.43. The minimum Gasteiger partial charge on any atom is -0.297 e. The van der Waals surface area contributed by atoms with E-state index in [1.807, 2.05) is 6.07 Å². The van der Waals surface area contributed by atoms with Gasteiger partial charge in [0.1, 0.15) is 0 Å². The Morgan fingerprint density at radius 3 is 2.58 bits per heavy atom. The van der Waals surface area contributed by atoms with Gasteiger partial charge in [-0.05, 0) is 45.9 Å². The van der Waals surface area contributed by atoms with E-state index >= 15 is 0 Å². The van der Waals surface area contributed by atoms with Gasteiger partial charge in [0.25, 0.3) is 0 Å². The van der Waals surface area contributed by atoms with Crippen molar-refractivity contribution in [2.45, 2.75) is 37.6 Å². The maximum Gasteiger partial charge on any atom is 0.243 e. The first-order valence-corrected chi connectivity index (χ1v) is 9.82. The van der Waals surface area contributed by atoms with Crippen LogP contribution in [-0.2, 0) is 10.0 Å². The predicted octanol–water partition coefficient (Wildman–Crippen LogP) is 2.73. The van der Waals surface area contributed by atoms with Crippen LogP contribution in [0.5, 0.6) is 0 Å². The molecule has 0 saturated carbocycles. The highest BCUT2D eigenvalue weighted by molar-refractivity contribution is 7.89. The van der Waals surface area contributed by atoms with Crippen LogP contribution in [0.2, 0.25) is 0 Å². The van der Waals surface area contributed by atoms with Gasteiger partial charge in [-0.1, -0.05) is 12.1 Å². The smallest absolute Gasteiger partial charge is 0.243 e. The summed E-state index contributed by atoms with van der Waals surface area (Å²) >= 11 is 0. The number of rotatable bonds is 2. The molecule has 1 fully saturated rings. The molecule has 5 nitrogen and oxygen atoms in total. The number of fused-ring (bicyclic) bond motifs is 1. The molecule has 1 aliphatic rings. The van der Waals surface area contributed by atoms with E-state index in [9.17, 15) is 8.42 Å². The van der Waals surface area contributed by atoms with Crippen LogP contribution in [0.25, 0.3) is 10.8 Å². The zero-order chi connectivity index (χ0) is 17.4. The summed E-state index contributed by atoms with van der Waals surface area (Å²) in [5, 5.41) is 1.59. The van der Waals surface area contributed by atoms with Crippen molar-refractivity contribution in [2.75, 3.05) is 26.2 Å². The number of aromatic nitrogens is 1. The van der Waals surface area contributed by atoms with E-state index in [2.05, 4.69) is 30.7 Å². The van der Waals surface area contributed by atoms with Crippen LogP contribution in [0, 0.1) is 0 Å². The summed E-state index contributed by atoms with van der Waals surface area (Å²) in [6.45, 7) is 9.31. The number of benzene rings is 1. The summed E-state index contributed by atoms with van der Waals surface area (Å²) in [6.07, 6.45) is 4.20. The molecule has 0 N–H and O–H groups in total. The Kier molecular flexibility index (Phi) is 4.64. The van der Waals surface area contributed by atoms with E-state index in [0.29, 0.717) is 18.0 Å². The quantitative estimate of drug-likeness (QED) is 0.838. The number of pyridine rings is 1. The first-order valence-electron chi connectivity index (χ1n) is 8.38. The molecule has 0 radical (unpaired) electrons. The highest BCUT2D eigenvalue weighted by Gasteiger charge is 2.30. The Labute approximate surface area is 144 Å². The van der Waals surface area contributed by atoms with E-state index in [4.69, 9.17) is 0 Å². The summed E-state index contributed by atoms with van der Waals surface area (Å²) < 4.78 is 28.0. The van der Waals surface area contributed by atoms with Crippen molar-refractivity contribution >= 4 is 20.8 Å². The second-order valence-electron chi connectivity index (χ2n) is 7.27. The molecule has 0 unspecified atom stereocenters. The van der Waals surface area contributed by atoms with Crippen molar-refractivity contribution in [1.29, 1.82) is 0 Å². The predicted molar refractivity (Wildman–Crippen MR) is 96.4 cm³/mol. The average molecular weight is 347 g/mol. The lowest BCUT2D eigenvalue weighted by Crippen LogP contribution is -2.44. The minimum atomic E-state index is -3.50. The van der Waals surface area contributed by atoms with Gasteiger partial charge in [0.05, 0.1) is 4.90 Å². The zero-order valence-electron chi connectivity index (χ0n) is 14.6. The molecular weight excluding hydrogens is 322 g/mol. The van der Waals surface area contributed by atoms with Gasteiger partial charge < -0.3 is 0 Å². The van der Waals surface area contributed by atoms with Crippen LogP contribution in [0.15, 0.2) is 41.6 Å². The summed E-state index contributed by atoms with van der Waals surface area (Å²) in [5.41, 5.74) is 0.0604. The molecule has 1 aromatic carbocycles. The molecule has 0 aliphatic carbocycles. The van der Waals surface area contributed by atoms with Gasteiger partial charge in [-0.15, -0.1) is 0 Å². The maximum absolute atomic E-state index is 13.2. The van der Waals surface area contributed by atoms with Gasteiger partial charge in [0.2, 0.25) is 10.0 Å². The lowest BCUT2D eigenvalue weighted by Gasteiger charge is -2.34. The molecule has 6 heteroatoms. The van der Waals surface area contributed by atoms with Crippen molar-refractivity contribution in [3.63, 3.8) is 0 Å². The molecule has 2 heterocycles. The highest BCUT2D eigenvalue weighted by Crippen LogP contribution is 2.26. The van der Waals surface area contributed by atoms with Crippen LogP contribution < -0.4 is 0 Å². The van der Waals surface area contributed by atoms with E-state index in [1.165, 1.54) is 0 Å². The summed E-state index contributed by atoms with van der Waals surface area (Å²) in [5.74, 6) is 0. The molecule has 1 aromatic heterocycles. The topological polar surface area (TPSA) is 53.5 Å². The fourth-order valence-electron chi connectivity index (χ4n) is 3.26. The average Bonchev–Trinajstić information content (AvgIpc) is 2.80. The Hall–Kier alpha value is -1.50. The zero-order valence-corrected chi connectivity index (χ0v) is 15.4. The minimum absolute atomic E-state index is 0.0604. The molecule has 130 valence electrons. The Morgan fingerprint density at radius 1 is 1.04 bits per heavy atom.